The fourth-order valence-electron chi connectivity index (χ4n) is 2.76. The molecule has 0 unspecified atom stereocenters. The molecule has 2 aromatic rings. The van der Waals surface area contributed by atoms with Crippen LogP contribution < -0.4 is 16.4 Å². The van der Waals surface area contributed by atoms with Crippen LogP contribution in [0.4, 0.5) is 10.1 Å². The highest BCUT2D eigenvalue weighted by Gasteiger charge is 2.29. The maximum atomic E-state index is 14.3. The molecular formula is C17H18FN5. The van der Waals surface area contributed by atoms with Crippen molar-refractivity contribution < 1.29 is 4.39 Å². The lowest BCUT2D eigenvalue weighted by Gasteiger charge is -2.33. The molecule has 0 spiro atoms. The molecule has 0 fully saturated rings. The molecule has 1 aliphatic heterocycles. The van der Waals surface area contributed by atoms with Crippen molar-refractivity contribution in [3.8, 4) is 0 Å². The number of hydrogen-bond donors (Lipinski definition) is 2. The van der Waals surface area contributed by atoms with E-state index in [1.165, 1.54) is 6.07 Å². The van der Waals surface area contributed by atoms with E-state index in [0.717, 1.165) is 16.8 Å². The fraction of sp³-hybridized carbons (Fsp3) is 0.176. The van der Waals surface area contributed by atoms with E-state index >= 15 is 0 Å². The Balaban J connectivity index is 2.15. The molecular weight excluding hydrogens is 293 g/mol. The maximum absolute atomic E-state index is 14.3. The Kier molecular flexibility index (Phi) is 3.73. The number of aryl methyl sites for hydroxylation is 2. The van der Waals surface area contributed by atoms with Gasteiger partial charge in [-0.1, -0.05) is 24.3 Å². The van der Waals surface area contributed by atoms with E-state index in [4.69, 9.17) is 11.5 Å². The number of guanidine groups is 2. The van der Waals surface area contributed by atoms with Crippen LogP contribution in [-0.4, -0.2) is 11.9 Å². The van der Waals surface area contributed by atoms with Gasteiger partial charge in [-0.3, -0.25) is 4.90 Å². The zero-order valence-corrected chi connectivity index (χ0v) is 13.0. The summed E-state index contributed by atoms with van der Waals surface area (Å²) >= 11 is 0. The fourth-order valence-corrected chi connectivity index (χ4v) is 2.76. The first-order valence-electron chi connectivity index (χ1n) is 7.25. The predicted molar refractivity (Wildman–Crippen MR) is 90.8 cm³/mol. The Labute approximate surface area is 134 Å². The van der Waals surface area contributed by atoms with Crippen molar-refractivity contribution in [1.82, 2.24) is 0 Å². The molecule has 1 heterocycles. The summed E-state index contributed by atoms with van der Waals surface area (Å²) in [5, 5.41) is 0. The summed E-state index contributed by atoms with van der Waals surface area (Å²) in [6, 6.07) is 12.4. The molecule has 23 heavy (non-hydrogen) atoms. The Bertz CT molecular complexity index is 792. The molecule has 0 saturated heterocycles. The molecule has 1 aliphatic rings. The highest BCUT2D eigenvalue weighted by atomic mass is 19.1. The van der Waals surface area contributed by atoms with Crippen LogP contribution in [0.25, 0.3) is 0 Å². The lowest BCUT2D eigenvalue weighted by molar-refractivity contribution is 0.584. The highest BCUT2D eigenvalue weighted by Crippen LogP contribution is 2.32. The van der Waals surface area contributed by atoms with Crippen molar-refractivity contribution in [2.45, 2.75) is 20.0 Å². The average molecular weight is 311 g/mol. The summed E-state index contributed by atoms with van der Waals surface area (Å²) in [5.41, 5.74) is 15.1. The van der Waals surface area contributed by atoms with Crippen molar-refractivity contribution in [2.75, 3.05) is 4.90 Å². The van der Waals surface area contributed by atoms with Crippen LogP contribution in [0.5, 0.6) is 0 Å². The van der Waals surface area contributed by atoms with Crippen LogP contribution >= 0.6 is 0 Å². The van der Waals surface area contributed by atoms with Crippen LogP contribution in [0.15, 0.2) is 52.4 Å². The van der Waals surface area contributed by atoms with Crippen molar-refractivity contribution in [3.05, 3.63) is 65.0 Å². The number of halogens is 1. The molecule has 0 amide bonds. The van der Waals surface area contributed by atoms with E-state index in [-0.39, 0.29) is 17.7 Å². The van der Waals surface area contributed by atoms with Gasteiger partial charge >= 0.3 is 0 Å². The topological polar surface area (TPSA) is 80.0 Å². The first-order valence-corrected chi connectivity index (χ1v) is 7.25. The molecule has 2 aromatic carbocycles. The molecule has 6 heteroatoms. The minimum atomic E-state index is -0.685. The third-order valence-electron chi connectivity index (χ3n) is 3.64. The number of anilines is 1. The van der Waals surface area contributed by atoms with Gasteiger partial charge in [0.2, 0.25) is 11.9 Å². The van der Waals surface area contributed by atoms with E-state index in [1.54, 1.807) is 23.1 Å². The second-order valence-corrected chi connectivity index (χ2v) is 5.57. The minimum absolute atomic E-state index is 0.0383. The van der Waals surface area contributed by atoms with Crippen LogP contribution in [-0.2, 0) is 0 Å². The number of nitrogens with two attached hydrogens (primary N) is 2. The number of rotatable bonds is 2. The molecule has 0 aliphatic carbocycles. The third-order valence-corrected chi connectivity index (χ3v) is 3.64. The Hall–Kier alpha value is -2.89. The molecule has 118 valence electrons. The molecule has 1 atom stereocenters. The van der Waals surface area contributed by atoms with Crippen LogP contribution in [0.1, 0.15) is 22.9 Å². The maximum Gasteiger partial charge on any atom is 0.221 e. The number of nitrogens with zero attached hydrogens (tertiary/aromatic N) is 3. The summed E-state index contributed by atoms with van der Waals surface area (Å²) in [5.74, 6) is -0.134. The van der Waals surface area contributed by atoms with Gasteiger partial charge in [0.05, 0.1) is 0 Å². The molecule has 0 radical (unpaired) electrons. The molecule has 0 aromatic heterocycles. The highest BCUT2D eigenvalue weighted by molar-refractivity contribution is 6.04. The second kappa shape index (κ2) is 5.72. The zero-order valence-electron chi connectivity index (χ0n) is 13.0. The van der Waals surface area contributed by atoms with Crippen molar-refractivity contribution in [2.24, 2.45) is 21.5 Å². The molecule has 4 N–H and O–H groups in total. The predicted octanol–water partition coefficient (Wildman–Crippen LogP) is 2.59. The molecule has 0 saturated carbocycles. The summed E-state index contributed by atoms with van der Waals surface area (Å²) in [4.78, 5) is 10.0. The van der Waals surface area contributed by atoms with Gasteiger partial charge in [-0.15, -0.1) is 0 Å². The first-order chi connectivity index (χ1) is 11.0. The van der Waals surface area contributed by atoms with Crippen LogP contribution in [0, 0.1) is 19.7 Å². The normalized spacial score (nSPS) is 17.7. The van der Waals surface area contributed by atoms with E-state index in [0.29, 0.717) is 5.56 Å². The smallest absolute Gasteiger partial charge is 0.221 e. The van der Waals surface area contributed by atoms with Gasteiger partial charge in [-0.25, -0.2) is 9.38 Å². The summed E-state index contributed by atoms with van der Waals surface area (Å²) in [6.07, 6.45) is -0.685. The number of hydrogen-bond acceptors (Lipinski definition) is 5. The Morgan fingerprint density at radius 1 is 1.04 bits per heavy atom. The van der Waals surface area contributed by atoms with Gasteiger partial charge in [-0.2, -0.15) is 4.99 Å². The third kappa shape index (κ3) is 2.88. The second-order valence-electron chi connectivity index (χ2n) is 5.57. The SMILES string of the molecule is Cc1cc(C)cc(N2C(N)=NC(N)=N[C@H]2c2ccccc2F)c1. The Morgan fingerprint density at radius 2 is 1.70 bits per heavy atom. The van der Waals surface area contributed by atoms with E-state index < -0.39 is 6.17 Å². The first kappa shape index (κ1) is 15.0. The summed E-state index contributed by atoms with van der Waals surface area (Å²) in [6.45, 7) is 3.98. The van der Waals surface area contributed by atoms with Crippen molar-refractivity contribution >= 4 is 17.6 Å². The van der Waals surface area contributed by atoms with Crippen molar-refractivity contribution in [3.63, 3.8) is 0 Å². The number of aliphatic imine (C=N–C) groups is 2. The monoisotopic (exact) mass is 311 g/mol. The minimum Gasteiger partial charge on any atom is -0.369 e. The van der Waals surface area contributed by atoms with Gasteiger partial charge in [0.25, 0.3) is 0 Å². The van der Waals surface area contributed by atoms with Gasteiger partial charge in [0.1, 0.15) is 5.82 Å². The quantitative estimate of drug-likeness (QED) is 0.894. The zero-order chi connectivity index (χ0) is 16.6. The Morgan fingerprint density at radius 3 is 2.35 bits per heavy atom. The van der Waals surface area contributed by atoms with Crippen LogP contribution in [0.2, 0.25) is 0 Å². The standard InChI is InChI=1S/C17H18FN5/c1-10-7-11(2)9-12(8-10)23-15(21-16(19)22-17(23)20)13-5-3-4-6-14(13)18/h3-9,15H,1-2H3,(H4,19,20,21,22)/t15-/m1/s1. The molecule has 5 nitrogen and oxygen atoms in total. The van der Waals surface area contributed by atoms with Gasteiger partial charge in [0, 0.05) is 11.3 Å². The number of benzene rings is 2. The summed E-state index contributed by atoms with van der Waals surface area (Å²) < 4.78 is 14.3. The lowest BCUT2D eigenvalue weighted by Crippen LogP contribution is -2.44. The average Bonchev–Trinajstić information content (AvgIpc) is 2.45. The van der Waals surface area contributed by atoms with Gasteiger partial charge in [-0.05, 0) is 43.2 Å². The van der Waals surface area contributed by atoms with E-state index in [9.17, 15) is 4.39 Å². The van der Waals surface area contributed by atoms with E-state index in [2.05, 4.69) is 16.1 Å². The molecule has 0 bridgehead atoms. The van der Waals surface area contributed by atoms with Gasteiger partial charge < -0.3 is 11.5 Å². The largest absolute Gasteiger partial charge is 0.369 e. The van der Waals surface area contributed by atoms with E-state index in [1.807, 2.05) is 26.0 Å². The lowest BCUT2D eigenvalue weighted by atomic mass is 10.1. The van der Waals surface area contributed by atoms with Crippen LogP contribution in [0.3, 0.4) is 0 Å². The van der Waals surface area contributed by atoms with Gasteiger partial charge in [0.15, 0.2) is 6.17 Å². The summed E-state index contributed by atoms with van der Waals surface area (Å²) in [7, 11) is 0. The van der Waals surface area contributed by atoms with Crippen molar-refractivity contribution in [1.29, 1.82) is 0 Å². The molecule has 3 rings (SSSR count).